The van der Waals surface area contributed by atoms with Crippen molar-refractivity contribution in [1.82, 2.24) is 0 Å². The van der Waals surface area contributed by atoms with Gasteiger partial charge in [0.25, 0.3) is 0 Å². The van der Waals surface area contributed by atoms with Gasteiger partial charge in [0.05, 0.1) is 0 Å². The lowest BCUT2D eigenvalue weighted by Crippen LogP contribution is -1.91. The van der Waals surface area contributed by atoms with Gasteiger partial charge < -0.3 is 0 Å². The van der Waals surface area contributed by atoms with Crippen LogP contribution in [0, 0.1) is 6.92 Å². The second kappa shape index (κ2) is 4.51. The molecule has 0 aromatic rings. The third-order valence-corrected chi connectivity index (χ3v) is 2.05. The monoisotopic (exact) mass is 117 g/mol. The topological polar surface area (TPSA) is 0 Å². The maximum Gasteiger partial charge on any atom is 0.00159 e. The van der Waals surface area contributed by atoms with E-state index in [1.807, 2.05) is 11.8 Å². The summed E-state index contributed by atoms with van der Waals surface area (Å²) in [7, 11) is 0. The van der Waals surface area contributed by atoms with E-state index in [4.69, 9.17) is 0 Å². The lowest BCUT2D eigenvalue weighted by Gasteiger charge is -2.02. The SMILES string of the molecule is [CH2]CCC(C)SC. The molecule has 0 aromatic heterocycles. The van der Waals surface area contributed by atoms with Gasteiger partial charge in [-0.15, -0.1) is 0 Å². The van der Waals surface area contributed by atoms with Crippen molar-refractivity contribution in [2.24, 2.45) is 0 Å². The molecule has 1 atom stereocenters. The van der Waals surface area contributed by atoms with Crippen molar-refractivity contribution in [1.29, 1.82) is 0 Å². The van der Waals surface area contributed by atoms with Crippen LogP contribution >= 0.6 is 11.8 Å². The molecule has 0 saturated carbocycles. The van der Waals surface area contributed by atoms with Crippen LogP contribution in [0.25, 0.3) is 0 Å². The molecule has 7 heavy (non-hydrogen) atoms. The largest absolute Gasteiger partial charge is 0.162 e. The summed E-state index contributed by atoms with van der Waals surface area (Å²) < 4.78 is 0. The van der Waals surface area contributed by atoms with Gasteiger partial charge in [-0.3, -0.25) is 0 Å². The summed E-state index contributed by atoms with van der Waals surface area (Å²) in [6.45, 7) is 5.99. The van der Waals surface area contributed by atoms with Crippen molar-refractivity contribution < 1.29 is 0 Å². The molecule has 1 heteroatoms. The molecule has 0 amide bonds. The number of hydrogen-bond acceptors (Lipinski definition) is 1. The lowest BCUT2D eigenvalue weighted by molar-refractivity contribution is 0.832. The Kier molecular flexibility index (Phi) is 4.73. The standard InChI is InChI=1S/C6H13S/c1-4-5-6(2)7-3/h6H,1,4-5H2,2-3H3. The summed E-state index contributed by atoms with van der Waals surface area (Å²) in [6.07, 6.45) is 4.46. The molecule has 0 rings (SSSR count). The number of thioether (sulfide) groups is 1. The van der Waals surface area contributed by atoms with Gasteiger partial charge in [0.2, 0.25) is 0 Å². The highest BCUT2D eigenvalue weighted by molar-refractivity contribution is 7.99. The van der Waals surface area contributed by atoms with Gasteiger partial charge in [-0.1, -0.05) is 20.3 Å². The molecule has 0 heterocycles. The molecule has 0 aliphatic rings. The summed E-state index contributed by atoms with van der Waals surface area (Å²) in [4.78, 5) is 0. The van der Waals surface area contributed by atoms with Crippen LogP contribution in [0.3, 0.4) is 0 Å². The van der Waals surface area contributed by atoms with Crippen molar-refractivity contribution in [2.45, 2.75) is 25.0 Å². The zero-order chi connectivity index (χ0) is 5.70. The maximum absolute atomic E-state index is 3.76. The minimum absolute atomic E-state index is 0.803. The minimum Gasteiger partial charge on any atom is -0.162 e. The third kappa shape index (κ3) is 4.20. The molecular formula is C6H13S. The normalized spacial score (nSPS) is 14.1. The second-order valence-corrected chi connectivity index (χ2v) is 2.96. The van der Waals surface area contributed by atoms with Crippen LogP contribution in [0.5, 0.6) is 0 Å². The molecule has 0 spiro atoms. The van der Waals surface area contributed by atoms with E-state index in [0.29, 0.717) is 0 Å². The van der Waals surface area contributed by atoms with Crippen LogP contribution in [0.2, 0.25) is 0 Å². The van der Waals surface area contributed by atoms with E-state index in [-0.39, 0.29) is 0 Å². The summed E-state index contributed by atoms with van der Waals surface area (Å²) in [5, 5.41) is 0.803. The Labute approximate surface area is 50.7 Å². The molecule has 0 nitrogen and oxygen atoms in total. The first-order valence-electron chi connectivity index (χ1n) is 2.63. The Morgan fingerprint density at radius 3 is 2.43 bits per heavy atom. The molecule has 0 saturated heterocycles. The van der Waals surface area contributed by atoms with Crippen LogP contribution < -0.4 is 0 Å². The molecule has 43 valence electrons. The Balaban J connectivity index is 2.83. The van der Waals surface area contributed by atoms with Gasteiger partial charge >= 0.3 is 0 Å². The van der Waals surface area contributed by atoms with Crippen LogP contribution in [-0.2, 0) is 0 Å². The predicted octanol–water partition coefficient (Wildman–Crippen LogP) is 2.35. The molecule has 0 bridgehead atoms. The van der Waals surface area contributed by atoms with Crippen LogP contribution in [0.4, 0.5) is 0 Å². The summed E-state index contributed by atoms with van der Waals surface area (Å²) in [5.74, 6) is 0. The smallest absolute Gasteiger partial charge is 0.00159 e. The Morgan fingerprint density at radius 2 is 2.29 bits per heavy atom. The molecule has 0 aliphatic carbocycles. The van der Waals surface area contributed by atoms with Gasteiger partial charge in [0, 0.05) is 5.25 Å². The lowest BCUT2D eigenvalue weighted by atomic mass is 10.3. The van der Waals surface area contributed by atoms with Gasteiger partial charge in [-0.2, -0.15) is 11.8 Å². The molecule has 0 aliphatic heterocycles. The van der Waals surface area contributed by atoms with Crippen LogP contribution in [0.1, 0.15) is 19.8 Å². The summed E-state index contributed by atoms with van der Waals surface area (Å²) in [6, 6.07) is 0. The Bertz CT molecular complexity index is 35.2. The third-order valence-electron chi connectivity index (χ3n) is 1.01. The van der Waals surface area contributed by atoms with E-state index in [2.05, 4.69) is 20.1 Å². The van der Waals surface area contributed by atoms with Crippen molar-refractivity contribution in [2.75, 3.05) is 6.26 Å². The van der Waals surface area contributed by atoms with Crippen LogP contribution in [-0.4, -0.2) is 11.5 Å². The highest BCUT2D eigenvalue weighted by Gasteiger charge is 1.93. The minimum atomic E-state index is 0.803. The molecular weight excluding hydrogens is 104 g/mol. The van der Waals surface area contributed by atoms with E-state index < -0.39 is 0 Å². The summed E-state index contributed by atoms with van der Waals surface area (Å²) in [5.41, 5.74) is 0. The molecule has 0 fully saturated rings. The first kappa shape index (κ1) is 7.35. The molecule has 1 radical (unpaired) electrons. The average Bonchev–Trinajstić information content (AvgIpc) is 1.68. The quantitative estimate of drug-likeness (QED) is 0.547. The molecule has 0 N–H and O–H groups in total. The Hall–Kier alpha value is 0.350. The van der Waals surface area contributed by atoms with E-state index in [9.17, 15) is 0 Å². The van der Waals surface area contributed by atoms with Gasteiger partial charge in [-0.25, -0.2) is 0 Å². The van der Waals surface area contributed by atoms with E-state index in [1.165, 1.54) is 6.42 Å². The van der Waals surface area contributed by atoms with E-state index >= 15 is 0 Å². The van der Waals surface area contributed by atoms with E-state index in [0.717, 1.165) is 11.7 Å². The highest BCUT2D eigenvalue weighted by atomic mass is 32.2. The fraction of sp³-hybridized carbons (Fsp3) is 0.833. The van der Waals surface area contributed by atoms with Crippen LogP contribution in [0.15, 0.2) is 0 Å². The first-order valence-corrected chi connectivity index (χ1v) is 3.92. The first-order chi connectivity index (χ1) is 3.31. The maximum atomic E-state index is 3.76. The zero-order valence-electron chi connectivity index (χ0n) is 5.11. The van der Waals surface area contributed by atoms with E-state index in [1.54, 1.807) is 0 Å². The number of rotatable bonds is 3. The highest BCUT2D eigenvalue weighted by Crippen LogP contribution is 2.10. The van der Waals surface area contributed by atoms with Crippen molar-refractivity contribution in [3.05, 3.63) is 6.92 Å². The molecule has 0 aromatic carbocycles. The van der Waals surface area contributed by atoms with Gasteiger partial charge in [0.1, 0.15) is 0 Å². The Morgan fingerprint density at radius 1 is 1.71 bits per heavy atom. The predicted molar refractivity (Wildman–Crippen MR) is 37.6 cm³/mol. The van der Waals surface area contributed by atoms with Gasteiger partial charge in [-0.05, 0) is 12.7 Å². The van der Waals surface area contributed by atoms with Gasteiger partial charge in [0.15, 0.2) is 0 Å². The number of hydrogen-bond donors (Lipinski definition) is 0. The fourth-order valence-electron chi connectivity index (χ4n) is 0.405. The van der Waals surface area contributed by atoms with Crippen molar-refractivity contribution in [3.8, 4) is 0 Å². The zero-order valence-corrected chi connectivity index (χ0v) is 5.92. The second-order valence-electron chi connectivity index (χ2n) is 1.69. The summed E-state index contributed by atoms with van der Waals surface area (Å²) >= 11 is 1.91. The van der Waals surface area contributed by atoms with Crippen molar-refractivity contribution >= 4 is 11.8 Å². The molecule has 1 unspecified atom stereocenters. The average molecular weight is 117 g/mol. The fourth-order valence-corrected chi connectivity index (χ4v) is 0.808. The van der Waals surface area contributed by atoms with Crippen molar-refractivity contribution in [3.63, 3.8) is 0 Å².